The van der Waals surface area contributed by atoms with Gasteiger partial charge in [-0.1, -0.05) is 0 Å². The minimum Gasteiger partial charge on any atom is -0.493 e. The second-order valence-electron chi connectivity index (χ2n) is 4.65. The second-order valence-corrected chi connectivity index (χ2v) is 4.65. The lowest BCUT2D eigenvalue weighted by Gasteiger charge is -2.12. The zero-order valence-corrected chi connectivity index (χ0v) is 12.1. The molecule has 0 saturated heterocycles. The van der Waals surface area contributed by atoms with E-state index in [0.717, 1.165) is 22.4 Å². The van der Waals surface area contributed by atoms with E-state index in [1.807, 2.05) is 23.7 Å². The topological polar surface area (TPSA) is 75.2 Å². The molecule has 6 nitrogen and oxygen atoms in total. The van der Waals surface area contributed by atoms with Gasteiger partial charge in [-0.05, 0) is 12.1 Å². The third kappa shape index (κ3) is 2.05. The van der Waals surface area contributed by atoms with Gasteiger partial charge in [0, 0.05) is 30.6 Å². The van der Waals surface area contributed by atoms with Crippen LogP contribution in [0.1, 0.15) is 0 Å². The predicted octanol–water partition coefficient (Wildman–Crippen LogP) is 2.23. The van der Waals surface area contributed by atoms with Gasteiger partial charge in [0.25, 0.3) is 0 Å². The maximum absolute atomic E-state index is 6.14. The summed E-state index contributed by atoms with van der Waals surface area (Å²) in [5.41, 5.74) is 9.34. The van der Waals surface area contributed by atoms with Gasteiger partial charge >= 0.3 is 0 Å². The summed E-state index contributed by atoms with van der Waals surface area (Å²) in [5.74, 6) is 1.97. The molecule has 3 aromatic rings. The fourth-order valence-corrected chi connectivity index (χ4v) is 2.36. The first-order chi connectivity index (χ1) is 10.2. The van der Waals surface area contributed by atoms with Crippen LogP contribution in [0.25, 0.3) is 22.4 Å². The lowest BCUT2D eigenvalue weighted by molar-refractivity contribution is 0.355. The summed E-state index contributed by atoms with van der Waals surface area (Å²) in [6, 6.07) is 5.45. The van der Waals surface area contributed by atoms with Crippen LogP contribution < -0.4 is 15.2 Å². The average molecular weight is 284 g/mol. The van der Waals surface area contributed by atoms with Gasteiger partial charge in [0.1, 0.15) is 5.82 Å². The van der Waals surface area contributed by atoms with Crippen molar-refractivity contribution in [1.29, 1.82) is 0 Å². The number of aromatic nitrogens is 3. The fraction of sp³-hybridized carbons (Fsp3) is 0.200. The summed E-state index contributed by atoms with van der Waals surface area (Å²) < 4.78 is 12.6. The van der Waals surface area contributed by atoms with Gasteiger partial charge in [-0.25, -0.2) is 4.98 Å². The van der Waals surface area contributed by atoms with Crippen molar-refractivity contribution in [3.05, 3.63) is 30.6 Å². The summed E-state index contributed by atoms with van der Waals surface area (Å²) in [6.07, 6.45) is 3.50. The summed E-state index contributed by atoms with van der Waals surface area (Å²) in [5, 5.41) is 0. The molecule has 2 N–H and O–H groups in total. The Hall–Kier alpha value is -2.76. The zero-order valence-electron chi connectivity index (χ0n) is 12.1. The Morgan fingerprint density at radius 1 is 1.14 bits per heavy atom. The molecule has 21 heavy (non-hydrogen) atoms. The molecular weight excluding hydrogens is 268 g/mol. The van der Waals surface area contributed by atoms with Crippen LogP contribution in [-0.2, 0) is 7.05 Å². The molecule has 1 aromatic carbocycles. The van der Waals surface area contributed by atoms with Crippen molar-refractivity contribution >= 4 is 16.7 Å². The zero-order chi connectivity index (χ0) is 15.0. The summed E-state index contributed by atoms with van der Waals surface area (Å²) in [4.78, 5) is 8.75. The van der Waals surface area contributed by atoms with Crippen molar-refractivity contribution in [3.63, 3.8) is 0 Å². The molecule has 0 spiro atoms. The molecule has 3 rings (SSSR count). The van der Waals surface area contributed by atoms with Crippen molar-refractivity contribution in [1.82, 2.24) is 14.5 Å². The van der Waals surface area contributed by atoms with Crippen molar-refractivity contribution < 1.29 is 9.47 Å². The number of fused-ring (bicyclic) bond motifs is 1. The molecular formula is C15H16N4O2. The van der Waals surface area contributed by atoms with Crippen LogP contribution in [0.4, 0.5) is 5.69 Å². The van der Waals surface area contributed by atoms with E-state index in [-0.39, 0.29) is 0 Å². The van der Waals surface area contributed by atoms with Gasteiger partial charge in [0.2, 0.25) is 0 Å². The maximum atomic E-state index is 6.14. The fourth-order valence-electron chi connectivity index (χ4n) is 2.36. The highest BCUT2D eigenvalue weighted by atomic mass is 16.5. The first kappa shape index (κ1) is 13.2. The third-order valence-electron chi connectivity index (χ3n) is 3.48. The van der Waals surface area contributed by atoms with Crippen molar-refractivity contribution in [2.24, 2.45) is 7.05 Å². The third-order valence-corrected chi connectivity index (χ3v) is 3.48. The molecule has 6 heteroatoms. The van der Waals surface area contributed by atoms with E-state index >= 15 is 0 Å². The van der Waals surface area contributed by atoms with Gasteiger partial charge in [-0.3, -0.25) is 4.98 Å². The van der Waals surface area contributed by atoms with Crippen LogP contribution in [0.2, 0.25) is 0 Å². The molecule has 108 valence electrons. The number of aryl methyl sites for hydroxylation is 1. The highest BCUT2D eigenvalue weighted by Crippen LogP contribution is 2.37. The number of rotatable bonds is 3. The van der Waals surface area contributed by atoms with Crippen molar-refractivity contribution in [2.75, 3.05) is 20.0 Å². The Kier molecular flexibility index (Phi) is 3.13. The van der Waals surface area contributed by atoms with E-state index in [1.165, 1.54) is 0 Å². The first-order valence-corrected chi connectivity index (χ1v) is 6.44. The molecule has 0 aliphatic rings. The minimum absolute atomic E-state index is 0.582. The molecule has 0 amide bonds. The Bertz CT molecular complexity index is 811. The average Bonchev–Trinajstić information content (AvgIpc) is 2.84. The van der Waals surface area contributed by atoms with Crippen LogP contribution >= 0.6 is 0 Å². The highest BCUT2D eigenvalue weighted by molar-refractivity contribution is 5.84. The number of pyridine rings is 1. The summed E-state index contributed by atoms with van der Waals surface area (Å²) in [6.45, 7) is 0. The number of methoxy groups -OCH3 is 2. The Balaban J connectivity index is 2.25. The van der Waals surface area contributed by atoms with Crippen LogP contribution in [0.15, 0.2) is 30.6 Å². The molecule has 0 fully saturated rings. The van der Waals surface area contributed by atoms with Gasteiger partial charge in [-0.2, -0.15) is 0 Å². The molecule has 0 unspecified atom stereocenters. The molecule has 0 atom stereocenters. The Morgan fingerprint density at radius 2 is 1.86 bits per heavy atom. The molecule has 0 bridgehead atoms. The second kappa shape index (κ2) is 4.97. The number of nitrogens with zero attached hydrogens (tertiary/aromatic N) is 3. The van der Waals surface area contributed by atoms with E-state index in [1.54, 1.807) is 32.7 Å². The number of hydrogen-bond acceptors (Lipinski definition) is 5. The van der Waals surface area contributed by atoms with Crippen LogP contribution in [0.5, 0.6) is 11.5 Å². The number of anilines is 1. The normalized spacial score (nSPS) is 10.8. The van der Waals surface area contributed by atoms with E-state index < -0.39 is 0 Å². The number of hydrogen-bond donors (Lipinski definition) is 1. The molecule has 0 radical (unpaired) electrons. The van der Waals surface area contributed by atoms with E-state index in [2.05, 4.69) is 9.97 Å². The van der Waals surface area contributed by atoms with E-state index in [4.69, 9.17) is 15.2 Å². The standard InChI is InChI=1S/C15H16N4O2/c1-19-12-8-17-5-4-11(12)18-15(19)9-6-13(20-2)14(21-3)7-10(9)16/h4-8H,16H2,1-3H3. The van der Waals surface area contributed by atoms with Gasteiger partial charge in [0.15, 0.2) is 11.5 Å². The largest absolute Gasteiger partial charge is 0.493 e. The number of ether oxygens (including phenoxy) is 2. The summed E-state index contributed by atoms with van der Waals surface area (Å²) in [7, 11) is 5.11. The Labute approximate surface area is 122 Å². The number of imidazole rings is 1. The monoisotopic (exact) mass is 284 g/mol. The lowest BCUT2D eigenvalue weighted by atomic mass is 10.1. The van der Waals surface area contributed by atoms with Crippen LogP contribution in [0, 0.1) is 0 Å². The SMILES string of the molecule is COc1cc(N)c(-c2nc3ccncc3n2C)cc1OC. The van der Waals surface area contributed by atoms with Gasteiger partial charge in [0.05, 0.1) is 31.4 Å². The quantitative estimate of drug-likeness (QED) is 0.746. The lowest BCUT2D eigenvalue weighted by Crippen LogP contribution is -1.99. The number of nitrogen functional groups attached to an aromatic ring is 1. The van der Waals surface area contributed by atoms with E-state index in [9.17, 15) is 0 Å². The number of benzene rings is 1. The highest BCUT2D eigenvalue weighted by Gasteiger charge is 2.16. The molecule has 2 heterocycles. The van der Waals surface area contributed by atoms with Crippen LogP contribution in [0.3, 0.4) is 0 Å². The van der Waals surface area contributed by atoms with Gasteiger partial charge < -0.3 is 19.8 Å². The summed E-state index contributed by atoms with van der Waals surface area (Å²) >= 11 is 0. The van der Waals surface area contributed by atoms with Crippen LogP contribution in [-0.4, -0.2) is 28.8 Å². The first-order valence-electron chi connectivity index (χ1n) is 6.44. The Morgan fingerprint density at radius 3 is 2.52 bits per heavy atom. The van der Waals surface area contributed by atoms with Crippen molar-refractivity contribution in [2.45, 2.75) is 0 Å². The minimum atomic E-state index is 0.582. The van der Waals surface area contributed by atoms with E-state index in [0.29, 0.717) is 17.2 Å². The smallest absolute Gasteiger partial charge is 0.162 e. The molecule has 0 saturated carbocycles. The van der Waals surface area contributed by atoms with Crippen molar-refractivity contribution in [3.8, 4) is 22.9 Å². The van der Waals surface area contributed by atoms with Gasteiger partial charge in [-0.15, -0.1) is 0 Å². The number of nitrogens with two attached hydrogens (primary N) is 1. The maximum Gasteiger partial charge on any atom is 0.162 e. The molecule has 2 aromatic heterocycles. The molecule has 0 aliphatic heterocycles. The molecule has 0 aliphatic carbocycles. The predicted molar refractivity (Wildman–Crippen MR) is 81.5 cm³/mol.